The molecule has 1 unspecified atom stereocenters. The highest BCUT2D eigenvalue weighted by molar-refractivity contribution is 4.59. The molecule has 0 bridgehead atoms. The summed E-state index contributed by atoms with van der Waals surface area (Å²) in [4.78, 5) is 1.75. The fourth-order valence-corrected chi connectivity index (χ4v) is 1.00. The molecule has 0 amide bonds. The van der Waals surface area contributed by atoms with Gasteiger partial charge in [-0.15, -0.1) is 0 Å². The maximum absolute atomic E-state index is 9.43. The zero-order valence-electron chi connectivity index (χ0n) is 8.57. The molecular weight excluding hydrogens is 170 g/mol. The molecule has 13 heavy (non-hydrogen) atoms. The molecule has 0 rings (SSSR count). The molecule has 4 heteroatoms. The van der Waals surface area contributed by atoms with Crippen LogP contribution in [-0.4, -0.2) is 54.3 Å². The molecule has 4 nitrogen and oxygen atoms in total. The first-order valence-electron chi connectivity index (χ1n) is 4.83. The third kappa shape index (κ3) is 6.95. The SMILES string of the molecule is CCCOCC(O)CN(CC)CO. The van der Waals surface area contributed by atoms with Crippen LogP contribution in [0.25, 0.3) is 0 Å². The van der Waals surface area contributed by atoms with Gasteiger partial charge < -0.3 is 14.9 Å². The van der Waals surface area contributed by atoms with Crippen molar-refractivity contribution < 1.29 is 14.9 Å². The Morgan fingerprint density at radius 2 is 2.08 bits per heavy atom. The topological polar surface area (TPSA) is 52.9 Å². The molecule has 0 spiro atoms. The van der Waals surface area contributed by atoms with Crippen LogP contribution in [-0.2, 0) is 4.74 Å². The Morgan fingerprint density at radius 3 is 2.54 bits per heavy atom. The monoisotopic (exact) mass is 191 g/mol. The summed E-state index contributed by atoms with van der Waals surface area (Å²) in [5, 5.41) is 18.3. The highest BCUT2D eigenvalue weighted by Gasteiger charge is 2.08. The molecule has 0 aliphatic carbocycles. The molecule has 0 aliphatic rings. The lowest BCUT2D eigenvalue weighted by atomic mass is 10.3. The zero-order valence-corrected chi connectivity index (χ0v) is 8.57. The first-order valence-corrected chi connectivity index (χ1v) is 4.83. The van der Waals surface area contributed by atoms with Crippen LogP contribution in [0.3, 0.4) is 0 Å². The van der Waals surface area contributed by atoms with Crippen molar-refractivity contribution in [3.05, 3.63) is 0 Å². The number of aliphatic hydroxyl groups is 2. The van der Waals surface area contributed by atoms with Gasteiger partial charge in [0.05, 0.1) is 19.4 Å². The van der Waals surface area contributed by atoms with Gasteiger partial charge in [-0.05, 0) is 13.0 Å². The summed E-state index contributed by atoms with van der Waals surface area (Å²) in [5.74, 6) is 0. The Bertz CT molecular complexity index is 107. The molecule has 80 valence electrons. The van der Waals surface area contributed by atoms with Crippen molar-refractivity contribution >= 4 is 0 Å². The van der Waals surface area contributed by atoms with Crippen LogP contribution in [0.1, 0.15) is 20.3 Å². The third-order valence-corrected chi connectivity index (χ3v) is 1.77. The highest BCUT2D eigenvalue weighted by Crippen LogP contribution is 1.93. The number of likely N-dealkylation sites (N-methyl/N-ethyl adjacent to an activating group) is 1. The van der Waals surface area contributed by atoms with Crippen LogP contribution in [0.15, 0.2) is 0 Å². The summed E-state index contributed by atoms with van der Waals surface area (Å²) in [5.41, 5.74) is 0. The lowest BCUT2D eigenvalue weighted by Crippen LogP contribution is -2.35. The molecule has 0 saturated heterocycles. The van der Waals surface area contributed by atoms with Crippen molar-refractivity contribution in [2.45, 2.75) is 26.4 Å². The average Bonchev–Trinajstić information content (AvgIpc) is 2.14. The second kappa shape index (κ2) is 8.44. The van der Waals surface area contributed by atoms with Gasteiger partial charge in [-0.3, -0.25) is 4.90 Å². The minimum Gasteiger partial charge on any atom is -0.389 e. The maximum Gasteiger partial charge on any atom is 0.0957 e. The number of hydrogen-bond donors (Lipinski definition) is 2. The van der Waals surface area contributed by atoms with Gasteiger partial charge in [-0.2, -0.15) is 0 Å². The molecular formula is C9H21NO3. The Morgan fingerprint density at radius 1 is 1.38 bits per heavy atom. The summed E-state index contributed by atoms with van der Waals surface area (Å²) in [7, 11) is 0. The third-order valence-electron chi connectivity index (χ3n) is 1.77. The summed E-state index contributed by atoms with van der Waals surface area (Å²) in [6.07, 6.45) is 0.461. The normalized spacial score (nSPS) is 13.6. The van der Waals surface area contributed by atoms with Gasteiger partial charge >= 0.3 is 0 Å². The molecule has 2 N–H and O–H groups in total. The minimum atomic E-state index is -0.501. The molecule has 0 heterocycles. The molecule has 0 saturated carbocycles. The predicted octanol–water partition coefficient (Wildman–Crippen LogP) is 0.0456. The number of rotatable bonds is 8. The minimum absolute atomic E-state index is 0.0126. The van der Waals surface area contributed by atoms with Crippen LogP contribution in [0.2, 0.25) is 0 Å². The van der Waals surface area contributed by atoms with E-state index in [1.54, 1.807) is 4.90 Å². The Balaban J connectivity index is 3.42. The Kier molecular flexibility index (Phi) is 8.33. The summed E-state index contributed by atoms with van der Waals surface area (Å²) in [6.45, 7) is 6.19. The van der Waals surface area contributed by atoms with E-state index in [2.05, 4.69) is 0 Å². The van der Waals surface area contributed by atoms with Gasteiger partial charge in [0.15, 0.2) is 0 Å². The van der Waals surface area contributed by atoms with E-state index in [0.717, 1.165) is 13.0 Å². The number of hydrogen-bond acceptors (Lipinski definition) is 4. The van der Waals surface area contributed by atoms with Crippen molar-refractivity contribution in [2.75, 3.05) is 33.0 Å². The van der Waals surface area contributed by atoms with Crippen molar-refractivity contribution in [1.82, 2.24) is 4.90 Å². The molecule has 0 aromatic rings. The summed E-state index contributed by atoms with van der Waals surface area (Å²) in [6, 6.07) is 0. The summed E-state index contributed by atoms with van der Waals surface area (Å²) < 4.78 is 5.18. The maximum atomic E-state index is 9.43. The predicted molar refractivity (Wildman–Crippen MR) is 51.4 cm³/mol. The van der Waals surface area contributed by atoms with Gasteiger partial charge in [0.1, 0.15) is 0 Å². The van der Waals surface area contributed by atoms with Crippen molar-refractivity contribution in [3.63, 3.8) is 0 Å². The molecule has 0 fully saturated rings. The van der Waals surface area contributed by atoms with E-state index in [4.69, 9.17) is 9.84 Å². The summed E-state index contributed by atoms with van der Waals surface area (Å²) >= 11 is 0. The van der Waals surface area contributed by atoms with Gasteiger partial charge in [0.2, 0.25) is 0 Å². The van der Waals surface area contributed by atoms with Crippen molar-refractivity contribution in [2.24, 2.45) is 0 Å². The van der Waals surface area contributed by atoms with E-state index >= 15 is 0 Å². The average molecular weight is 191 g/mol. The van der Waals surface area contributed by atoms with E-state index in [-0.39, 0.29) is 6.73 Å². The van der Waals surface area contributed by atoms with Gasteiger partial charge in [-0.1, -0.05) is 13.8 Å². The quantitative estimate of drug-likeness (QED) is 0.420. The molecule has 1 atom stereocenters. The van der Waals surface area contributed by atoms with Crippen molar-refractivity contribution in [1.29, 1.82) is 0 Å². The standard InChI is InChI=1S/C9H21NO3/c1-3-5-13-7-9(12)6-10(4-2)8-11/h9,11-12H,3-8H2,1-2H3. The van der Waals surface area contributed by atoms with E-state index < -0.39 is 6.10 Å². The van der Waals surface area contributed by atoms with Crippen LogP contribution in [0.5, 0.6) is 0 Å². The van der Waals surface area contributed by atoms with Gasteiger partial charge in [-0.25, -0.2) is 0 Å². The van der Waals surface area contributed by atoms with Gasteiger partial charge in [0.25, 0.3) is 0 Å². The Hall–Kier alpha value is -0.160. The second-order valence-corrected chi connectivity index (χ2v) is 3.04. The first kappa shape index (κ1) is 12.8. The molecule has 0 aromatic carbocycles. The number of nitrogens with zero attached hydrogens (tertiary/aromatic N) is 1. The van der Waals surface area contributed by atoms with E-state index in [1.165, 1.54) is 0 Å². The van der Waals surface area contributed by atoms with Crippen LogP contribution in [0, 0.1) is 0 Å². The van der Waals surface area contributed by atoms with Crippen LogP contribution < -0.4 is 0 Å². The van der Waals surface area contributed by atoms with Crippen LogP contribution >= 0.6 is 0 Å². The first-order chi connectivity index (χ1) is 6.24. The highest BCUT2D eigenvalue weighted by atomic mass is 16.5. The van der Waals surface area contributed by atoms with E-state index in [1.807, 2.05) is 13.8 Å². The van der Waals surface area contributed by atoms with E-state index in [0.29, 0.717) is 19.8 Å². The number of aliphatic hydroxyl groups excluding tert-OH is 2. The largest absolute Gasteiger partial charge is 0.389 e. The smallest absolute Gasteiger partial charge is 0.0957 e. The lowest BCUT2D eigenvalue weighted by molar-refractivity contribution is 0.000108. The fraction of sp³-hybridized carbons (Fsp3) is 1.00. The van der Waals surface area contributed by atoms with Crippen LogP contribution in [0.4, 0.5) is 0 Å². The fourth-order valence-electron chi connectivity index (χ4n) is 1.00. The molecule has 0 aromatic heterocycles. The van der Waals surface area contributed by atoms with Crippen molar-refractivity contribution in [3.8, 4) is 0 Å². The lowest BCUT2D eigenvalue weighted by Gasteiger charge is -2.20. The molecule has 0 aliphatic heterocycles. The zero-order chi connectivity index (χ0) is 10.1. The molecule has 0 radical (unpaired) electrons. The number of ether oxygens (including phenoxy) is 1. The Labute approximate surface area is 80.1 Å². The van der Waals surface area contributed by atoms with Gasteiger partial charge in [0, 0.05) is 13.2 Å². The van der Waals surface area contributed by atoms with E-state index in [9.17, 15) is 5.11 Å². The second-order valence-electron chi connectivity index (χ2n) is 3.04.